The normalized spacial score (nSPS) is 11.7. The molecule has 3 aromatic rings. The summed E-state index contributed by atoms with van der Waals surface area (Å²) in [7, 11) is 0. The van der Waals surface area contributed by atoms with Gasteiger partial charge in [-0.3, -0.25) is 9.59 Å². The highest BCUT2D eigenvalue weighted by atomic mass is 35.5. The molecule has 0 fully saturated rings. The Kier molecular flexibility index (Phi) is 7.10. The van der Waals surface area contributed by atoms with Crippen molar-refractivity contribution >= 4 is 46.3 Å². The third-order valence-electron chi connectivity index (χ3n) is 4.32. The summed E-state index contributed by atoms with van der Waals surface area (Å²) in [6, 6.07) is 4.04. The molecule has 0 aliphatic heterocycles. The number of thiazole rings is 1. The first-order valence-corrected chi connectivity index (χ1v) is 10.2. The van der Waals surface area contributed by atoms with E-state index in [1.807, 2.05) is 0 Å². The number of hydrogen-bond acceptors (Lipinski definition) is 8. The number of nitrogens with one attached hydrogen (secondary N) is 2. The number of hydrogen-bond donors (Lipinski definition) is 4. The molecule has 3 rings (SSSR count). The molecule has 12 heteroatoms. The molecule has 0 saturated carbocycles. The monoisotopic (exact) mass is 463 g/mol. The van der Waals surface area contributed by atoms with E-state index in [9.17, 15) is 14.0 Å². The van der Waals surface area contributed by atoms with Gasteiger partial charge in [-0.2, -0.15) is 0 Å². The number of benzene rings is 1. The van der Waals surface area contributed by atoms with Crippen LogP contribution in [0.1, 0.15) is 49.3 Å². The summed E-state index contributed by atoms with van der Waals surface area (Å²) in [5.74, 6) is -0.741. The predicted octanol–water partition coefficient (Wildman–Crippen LogP) is 2.84. The van der Waals surface area contributed by atoms with E-state index in [-0.39, 0.29) is 23.1 Å². The van der Waals surface area contributed by atoms with Crippen LogP contribution in [0.3, 0.4) is 0 Å². The molecular formula is C19H19ClFN7O2S. The van der Waals surface area contributed by atoms with E-state index in [2.05, 4.69) is 25.6 Å². The summed E-state index contributed by atoms with van der Waals surface area (Å²) in [6.45, 7) is 1.05. The number of anilines is 2. The van der Waals surface area contributed by atoms with Crippen LogP contribution in [0.15, 0.2) is 30.7 Å². The highest BCUT2D eigenvalue weighted by molar-refractivity contribution is 7.13. The number of rotatable bonds is 7. The van der Waals surface area contributed by atoms with Crippen molar-refractivity contribution in [2.45, 2.75) is 26.2 Å². The molecule has 0 saturated heterocycles. The van der Waals surface area contributed by atoms with Crippen LogP contribution < -0.4 is 22.1 Å². The molecule has 0 aliphatic rings. The number of carbonyl (C=O) groups is 2. The molecule has 2 heterocycles. The third-order valence-corrected chi connectivity index (χ3v) is 5.85. The minimum Gasteiger partial charge on any atom is -0.383 e. The molecule has 0 radical (unpaired) electrons. The van der Waals surface area contributed by atoms with Gasteiger partial charge in [0.2, 0.25) is 0 Å². The first-order valence-electron chi connectivity index (χ1n) is 9.05. The summed E-state index contributed by atoms with van der Waals surface area (Å²) in [5.41, 5.74) is 12.6. The van der Waals surface area contributed by atoms with Crippen molar-refractivity contribution in [3.8, 4) is 0 Å². The van der Waals surface area contributed by atoms with Crippen LogP contribution in [-0.2, 0) is 13.2 Å². The fourth-order valence-electron chi connectivity index (χ4n) is 2.67. The minimum absolute atomic E-state index is 0.0156. The maximum Gasteiger partial charge on any atom is 0.270 e. The average Bonchev–Trinajstić information content (AvgIpc) is 3.24. The van der Waals surface area contributed by atoms with Gasteiger partial charge in [-0.25, -0.2) is 19.3 Å². The van der Waals surface area contributed by atoms with E-state index in [4.69, 9.17) is 23.1 Å². The molecule has 162 valence electrons. The van der Waals surface area contributed by atoms with Crippen LogP contribution in [0.4, 0.5) is 15.9 Å². The lowest BCUT2D eigenvalue weighted by molar-refractivity contribution is 0.0933. The smallest absolute Gasteiger partial charge is 0.270 e. The highest BCUT2D eigenvalue weighted by Gasteiger charge is 2.21. The van der Waals surface area contributed by atoms with Crippen molar-refractivity contribution in [1.29, 1.82) is 0 Å². The summed E-state index contributed by atoms with van der Waals surface area (Å²) in [6.07, 6.45) is 2.59. The Balaban J connectivity index is 1.68. The maximum atomic E-state index is 12.8. The van der Waals surface area contributed by atoms with Gasteiger partial charge >= 0.3 is 0 Å². The molecule has 0 bridgehead atoms. The molecule has 9 nitrogen and oxygen atoms in total. The predicted molar refractivity (Wildman–Crippen MR) is 117 cm³/mol. The zero-order valence-corrected chi connectivity index (χ0v) is 17.9. The fourth-order valence-corrected chi connectivity index (χ4v) is 3.72. The van der Waals surface area contributed by atoms with E-state index < -0.39 is 24.5 Å². The average molecular weight is 464 g/mol. The van der Waals surface area contributed by atoms with Gasteiger partial charge in [0.15, 0.2) is 0 Å². The number of nitrogen functional groups attached to an aromatic ring is 1. The Labute approximate surface area is 186 Å². The molecular weight excluding hydrogens is 445 g/mol. The molecule has 2 amide bonds. The number of aromatic nitrogens is 3. The number of alkyl halides is 1. The third kappa shape index (κ3) is 5.13. The second-order valence-corrected chi connectivity index (χ2v) is 7.91. The van der Waals surface area contributed by atoms with Crippen molar-refractivity contribution in [1.82, 2.24) is 20.3 Å². The Morgan fingerprint density at radius 3 is 2.71 bits per heavy atom. The molecule has 1 unspecified atom stereocenters. The molecule has 0 aliphatic carbocycles. The van der Waals surface area contributed by atoms with Crippen LogP contribution in [0.25, 0.3) is 0 Å². The van der Waals surface area contributed by atoms with Crippen molar-refractivity contribution in [2.24, 2.45) is 5.73 Å². The lowest BCUT2D eigenvalue weighted by Gasteiger charge is -2.13. The second kappa shape index (κ2) is 9.77. The van der Waals surface area contributed by atoms with Crippen LogP contribution >= 0.6 is 22.9 Å². The number of halogens is 2. The minimum atomic E-state index is -0.691. The number of carbonyl (C=O) groups excluding carboxylic acids is 2. The largest absolute Gasteiger partial charge is 0.383 e. The van der Waals surface area contributed by atoms with Crippen molar-refractivity contribution in [3.05, 3.63) is 62.5 Å². The van der Waals surface area contributed by atoms with E-state index >= 15 is 0 Å². The Morgan fingerprint density at radius 2 is 2.03 bits per heavy atom. The topological polar surface area (TPSA) is 149 Å². The van der Waals surface area contributed by atoms with Crippen molar-refractivity contribution in [3.63, 3.8) is 0 Å². The molecule has 6 N–H and O–H groups in total. The molecule has 1 aromatic carbocycles. The van der Waals surface area contributed by atoms with Gasteiger partial charge in [-0.05, 0) is 19.1 Å². The number of nitrogens with two attached hydrogens (primary N) is 2. The SMILES string of the molecule is CC(NC(=O)c1ncnc(N)c1CN)c1ncc(C(=O)Nc2ccc(CF)c(Cl)c2)s1. The van der Waals surface area contributed by atoms with Gasteiger partial charge in [0.05, 0.1) is 12.2 Å². The van der Waals surface area contributed by atoms with Gasteiger partial charge in [-0.15, -0.1) is 11.3 Å². The Bertz CT molecular complexity index is 1120. The van der Waals surface area contributed by atoms with Crippen LogP contribution in [0, 0.1) is 0 Å². The van der Waals surface area contributed by atoms with Gasteiger partial charge in [0, 0.05) is 28.4 Å². The standard InChI is InChI=1S/C19H19ClFN7O2S/c1-9(27-18(30)15-12(6-22)16(23)26-8-25-15)19-24-7-14(31-19)17(29)28-11-3-2-10(5-21)13(20)4-11/h2-4,7-9H,5-6,22H2,1H3,(H,27,30)(H,28,29)(H2,23,25,26). The van der Waals surface area contributed by atoms with E-state index in [0.717, 1.165) is 11.3 Å². The number of amides is 2. The quantitative estimate of drug-likeness (QED) is 0.420. The molecule has 0 spiro atoms. The van der Waals surface area contributed by atoms with Gasteiger partial charge in [0.1, 0.15) is 34.4 Å². The van der Waals surface area contributed by atoms with Crippen LogP contribution in [0.2, 0.25) is 5.02 Å². The van der Waals surface area contributed by atoms with E-state index in [0.29, 0.717) is 26.7 Å². The number of nitrogens with zero attached hydrogens (tertiary/aromatic N) is 3. The summed E-state index contributed by atoms with van der Waals surface area (Å²) >= 11 is 7.09. The van der Waals surface area contributed by atoms with Gasteiger partial charge in [-0.1, -0.05) is 17.7 Å². The molecule has 31 heavy (non-hydrogen) atoms. The van der Waals surface area contributed by atoms with Crippen molar-refractivity contribution < 1.29 is 14.0 Å². The first kappa shape index (κ1) is 22.5. The van der Waals surface area contributed by atoms with Crippen LogP contribution in [-0.4, -0.2) is 26.8 Å². The molecule has 2 aromatic heterocycles. The van der Waals surface area contributed by atoms with Crippen LogP contribution in [0.5, 0.6) is 0 Å². The lowest BCUT2D eigenvalue weighted by atomic mass is 10.2. The van der Waals surface area contributed by atoms with E-state index in [1.165, 1.54) is 24.7 Å². The fraction of sp³-hybridized carbons (Fsp3) is 0.211. The van der Waals surface area contributed by atoms with E-state index in [1.54, 1.807) is 13.0 Å². The van der Waals surface area contributed by atoms with Crippen molar-refractivity contribution in [2.75, 3.05) is 11.1 Å². The Hall–Kier alpha value is -3.15. The second-order valence-electron chi connectivity index (χ2n) is 6.44. The van der Waals surface area contributed by atoms with Gasteiger partial charge in [0.25, 0.3) is 11.8 Å². The highest BCUT2D eigenvalue weighted by Crippen LogP contribution is 2.24. The summed E-state index contributed by atoms with van der Waals surface area (Å²) in [4.78, 5) is 37.4. The van der Waals surface area contributed by atoms with Gasteiger partial charge < -0.3 is 22.1 Å². The first-order chi connectivity index (χ1) is 14.8. The molecule has 1 atom stereocenters. The zero-order valence-electron chi connectivity index (χ0n) is 16.4. The summed E-state index contributed by atoms with van der Waals surface area (Å²) < 4.78 is 12.8. The Morgan fingerprint density at radius 1 is 1.26 bits per heavy atom. The lowest BCUT2D eigenvalue weighted by Crippen LogP contribution is -2.29. The summed E-state index contributed by atoms with van der Waals surface area (Å²) in [5, 5.41) is 6.18. The maximum absolute atomic E-state index is 12.8. The zero-order chi connectivity index (χ0) is 22.5.